The van der Waals surface area contributed by atoms with E-state index < -0.39 is 12.6 Å². The number of alkyl halides is 2. The average Bonchev–Trinajstić information content (AvgIpc) is 2.67. The van der Waals surface area contributed by atoms with Crippen LogP contribution in [0.15, 0.2) is 48.5 Å². The third-order valence-corrected chi connectivity index (χ3v) is 4.82. The largest absolute Gasteiger partial charge is 0.545 e. The first-order chi connectivity index (χ1) is 13.5. The normalized spacial score (nSPS) is 15.0. The molecule has 0 radical (unpaired) electrons. The highest BCUT2D eigenvalue weighted by molar-refractivity contribution is 6.05. The molecule has 0 amide bonds. The van der Waals surface area contributed by atoms with Gasteiger partial charge >= 0.3 is 6.61 Å². The first kappa shape index (κ1) is 18.1. The van der Waals surface area contributed by atoms with E-state index in [0.29, 0.717) is 28.6 Å². The molecular formula is C22H16F2NO3-. The number of nitrogens with zero attached hydrogens (tertiary/aromatic N) is 1. The number of halogens is 2. The molecular weight excluding hydrogens is 364 g/mol. The molecule has 6 heteroatoms. The summed E-state index contributed by atoms with van der Waals surface area (Å²) in [6, 6.07) is 13.4. The Hall–Kier alpha value is -3.28. The van der Waals surface area contributed by atoms with Crippen LogP contribution in [-0.2, 0) is 6.42 Å². The molecule has 142 valence electrons. The van der Waals surface area contributed by atoms with E-state index in [4.69, 9.17) is 4.98 Å². The summed E-state index contributed by atoms with van der Waals surface area (Å²) in [6.45, 7) is -2.87. The number of allylic oxidation sites excluding steroid dienone is 1. The maximum atomic E-state index is 12.3. The molecule has 4 rings (SSSR count). The zero-order chi connectivity index (χ0) is 19.7. The number of carboxylic acids is 1. The number of carboxylic acid groups (broad SMARTS) is 1. The van der Waals surface area contributed by atoms with Gasteiger partial charge in [0.25, 0.3) is 0 Å². The van der Waals surface area contributed by atoms with Gasteiger partial charge in [0.1, 0.15) is 5.75 Å². The van der Waals surface area contributed by atoms with Crippen LogP contribution in [0.4, 0.5) is 8.78 Å². The Morgan fingerprint density at radius 1 is 1.11 bits per heavy atom. The maximum absolute atomic E-state index is 12.3. The fourth-order valence-corrected chi connectivity index (χ4v) is 3.65. The van der Waals surface area contributed by atoms with Crippen molar-refractivity contribution in [3.05, 3.63) is 70.9 Å². The van der Waals surface area contributed by atoms with Gasteiger partial charge in [0.05, 0.1) is 17.2 Å². The molecule has 0 unspecified atom stereocenters. The lowest BCUT2D eigenvalue weighted by Gasteiger charge is -2.23. The highest BCUT2D eigenvalue weighted by atomic mass is 19.3. The number of carbonyl (C=O) groups is 1. The van der Waals surface area contributed by atoms with Crippen LogP contribution in [0.5, 0.6) is 5.75 Å². The molecule has 28 heavy (non-hydrogen) atoms. The van der Waals surface area contributed by atoms with E-state index in [1.165, 1.54) is 12.1 Å². The van der Waals surface area contributed by atoms with Crippen molar-refractivity contribution in [3.63, 3.8) is 0 Å². The molecule has 0 N–H and O–H groups in total. The van der Waals surface area contributed by atoms with Crippen molar-refractivity contribution in [3.8, 4) is 5.75 Å². The average molecular weight is 380 g/mol. The topological polar surface area (TPSA) is 62.2 Å². The molecule has 4 nitrogen and oxygen atoms in total. The number of aromatic carboxylic acids is 1. The number of ether oxygens (including phenoxy) is 1. The lowest BCUT2D eigenvalue weighted by Crippen LogP contribution is -2.26. The Bertz CT molecular complexity index is 1080. The highest BCUT2D eigenvalue weighted by Gasteiger charge is 2.22. The minimum atomic E-state index is -2.87. The van der Waals surface area contributed by atoms with Crippen molar-refractivity contribution in [2.24, 2.45) is 0 Å². The summed E-state index contributed by atoms with van der Waals surface area (Å²) in [5, 5.41) is 12.4. The number of hydrogen-bond donors (Lipinski definition) is 0. The summed E-state index contributed by atoms with van der Waals surface area (Å²) in [4.78, 5) is 16.6. The monoisotopic (exact) mass is 380 g/mol. The van der Waals surface area contributed by atoms with Crippen LogP contribution in [0.3, 0.4) is 0 Å². The van der Waals surface area contributed by atoms with Crippen molar-refractivity contribution < 1.29 is 23.4 Å². The van der Waals surface area contributed by atoms with Crippen molar-refractivity contribution >= 4 is 28.5 Å². The quantitative estimate of drug-likeness (QED) is 0.684. The van der Waals surface area contributed by atoms with Crippen LogP contribution < -0.4 is 9.84 Å². The van der Waals surface area contributed by atoms with Gasteiger partial charge in [-0.05, 0) is 60.2 Å². The number of rotatable bonds is 4. The molecule has 1 aliphatic rings. The molecule has 0 saturated heterocycles. The molecule has 0 bridgehead atoms. The van der Waals surface area contributed by atoms with E-state index in [9.17, 15) is 18.7 Å². The summed E-state index contributed by atoms with van der Waals surface area (Å²) in [5.74, 6) is -1.12. The van der Waals surface area contributed by atoms with Crippen LogP contribution in [0, 0.1) is 0 Å². The fraction of sp³-hybridized carbons (Fsp3) is 0.182. The number of para-hydroxylation sites is 1. The number of benzene rings is 2. The van der Waals surface area contributed by atoms with Crippen molar-refractivity contribution in [1.82, 2.24) is 4.98 Å². The molecule has 0 atom stereocenters. The summed E-state index contributed by atoms with van der Waals surface area (Å²) in [6.07, 6.45) is 4.08. The third kappa shape index (κ3) is 3.45. The Morgan fingerprint density at radius 2 is 1.86 bits per heavy atom. The van der Waals surface area contributed by atoms with Gasteiger partial charge in [0.2, 0.25) is 0 Å². The van der Waals surface area contributed by atoms with Crippen molar-refractivity contribution in [2.75, 3.05) is 0 Å². The minimum Gasteiger partial charge on any atom is -0.545 e. The van der Waals surface area contributed by atoms with Gasteiger partial charge < -0.3 is 14.6 Å². The van der Waals surface area contributed by atoms with Crippen LogP contribution in [-0.4, -0.2) is 17.6 Å². The number of aromatic nitrogens is 1. The van der Waals surface area contributed by atoms with Crippen LogP contribution >= 0.6 is 0 Å². The molecule has 1 aromatic heterocycles. The lowest BCUT2D eigenvalue weighted by atomic mass is 9.86. The van der Waals surface area contributed by atoms with Gasteiger partial charge in [0, 0.05) is 10.9 Å². The number of pyridine rings is 1. The summed E-state index contributed by atoms with van der Waals surface area (Å²) in [5.41, 5.74) is 3.87. The highest BCUT2D eigenvalue weighted by Crippen LogP contribution is 2.36. The minimum absolute atomic E-state index is 0.0875. The molecule has 0 aliphatic heterocycles. The van der Waals surface area contributed by atoms with E-state index in [1.54, 1.807) is 30.3 Å². The zero-order valence-corrected chi connectivity index (χ0v) is 14.8. The van der Waals surface area contributed by atoms with Gasteiger partial charge in [-0.25, -0.2) is 4.98 Å². The van der Waals surface area contributed by atoms with Crippen LogP contribution in [0.1, 0.15) is 40.0 Å². The molecule has 0 saturated carbocycles. The van der Waals surface area contributed by atoms with Gasteiger partial charge in [-0.2, -0.15) is 8.78 Å². The van der Waals surface area contributed by atoms with E-state index in [2.05, 4.69) is 4.74 Å². The third-order valence-electron chi connectivity index (χ3n) is 4.82. The smallest absolute Gasteiger partial charge is 0.387 e. The molecule has 1 heterocycles. The Morgan fingerprint density at radius 3 is 2.57 bits per heavy atom. The second-order valence-corrected chi connectivity index (χ2v) is 6.59. The van der Waals surface area contributed by atoms with Gasteiger partial charge in [-0.15, -0.1) is 0 Å². The van der Waals surface area contributed by atoms with Crippen LogP contribution in [0.2, 0.25) is 0 Å². The maximum Gasteiger partial charge on any atom is 0.387 e. The molecule has 3 aromatic rings. The summed E-state index contributed by atoms with van der Waals surface area (Å²) in [7, 11) is 0. The number of carbonyl (C=O) groups excluding carboxylic acids is 1. The van der Waals surface area contributed by atoms with E-state index in [-0.39, 0.29) is 11.3 Å². The second kappa shape index (κ2) is 7.38. The Balaban J connectivity index is 1.80. The van der Waals surface area contributed by atoms with E-state index in [1.807, 2.05) is 12.1 Å². The molecule has 2 aromatic carbocycles. The van der Waals surface area contributed by atoms with E-state index in [0.717, 1.165) is 24.0 Å². The molecule has 1 aliphatic carbocycles. The summed E-state index contributed by atoms with van der Waals surface area (Å²) >= 11 is 0. The molecule has 0 spiro atoms. The molecule has 0 fully saturated rings. The number of hydrogen-bond acceptors (Lipinski definition) is 4. The standard InChI is InChI=1S/C22H17F2NO3/c23-22(24)28-15-10-8-13(9-11-15)12-14-4-3-6-17-19(21(26)27)16-5-1-2-7-18(16)25-20(14)17/h1-2,5,7-12,22H,3-4,6H2,(H,26,27)/p-1/b14-12+. The van der Waals surface area contributed by atoms with Gasteiger partial charge in [0.15, 0.2) is 0 Å². The van der Waals surface area contributed by atoms with Crippen molar-refractivity contribution in [2.45, 2.75) is 25.9 Å². The SMILES string of the molecule is O=C([O-])c1c2c(nc3ccccc13)/C(=C/c1ccc(OC(F)F)cc1)CCC2. The van der Waals surface area contributed by atoms with Gasteiger partial charge in [-0.1, -0.05) is 30.3 Å². The summed E-state index contributed by atoms with van der Waals surface area (Å²) < 4.78 is 29.0. The fourth-order valence-electron chi connectivity index (χ4n) is 3.65. The Kier molecular flexibility index (Phi) is 4.77. The first-order valence-electron chi connectivity index (χ1n) is 8.91. The van der Waals surface area contributed by atoms with E-state index >= 15 is 0 Å². The van der Waals surface area contributed by atoms with Crippen LogP contribution in [0.25, 0.3) is 22.6 Å². The van der Waals surface area contributed by atoms with Gasteiger partial charge in [-0.3, -0.25) is 0 Å². The second-order valence-electron chi connectivity index (χ2n) is 6.59. The zero-order valence-electron chi connectivity index (χ0n) is 14.8. The number of fused-ring (bicyclic) bond motifs is 2. The predicted molar refractivity (Wildman–Crippen MR) is 100.0 cm³/mol. The predicted octanol–water partition coefficient (Wildman–Crippen LogP) is 4.08. The van der Waals surface area contributed by atoms with Crippen molar-refractivity contribution in [1.29, 1.82) is 0 Å². The lowest BCUT2D eigenvalue weighted by molar-refractivity contribution is -0.254. The first-order valence-corrected chi connectivity index (χ1v) is 8.91. The Labute approximate surface area is 160 Å².